The summed E-state index contributed by atoms with van der Waals surface area (Å²) in [5.41, 5.74) is 13.5. The first kappa shape index (κ1) is 23.0. The lowest BCUT2D eigenvalue weighted by atomic mass is 9.86. The number of amides is 2. The van der Waals surface area contributed by atoms with Gasteiger partial charge < -0.3 is 5.32 Å². The van der Waals surface area contributed by atoms with Gasteiger partial charge in [0.25, 0.3) is 11.8 Å². The van der Waals surface area contributed by atoms with E-state index in [1.807, 2.05) is 72.8 Å². The van der Waals surface area contributed by atoms with Crippen molar-refractivity contribution in [2.45, 2.75) is 26.2 Å². The van der Waals surface area contributed by atoms with Gasteiger partial charge in [-0.15, -0.1) is 0 Å². The third-order valence-corrected chi connectivity index (χ3v) is 5.86. The van der Waals surface area contributed by atoms with E-state index in [-0.39, 0.29) is 16.9 Å². The number of benzene rings is 4. The first-order chi connectivity index (χ1) is 16.2. The van der Waals surface area contributed by atoms with E-state index in [1.54, 1.807) is 24.3 Å². The smallest absolute Gasteiger partial charge is 0.271 e. The summed E-state index contributed by atoms with van der Waals surface area (Å²) in [4.78, 5) is 25.2. The molecule has 0 saturated heterocycles. The van der Waals surface area contributed by atoms with Crippen molar-refractivity contribution >= 4 is 17.5 Å². The second-order valence-electron chi connectivity index (χ2n) is 9.28. The summed E-state index contributed by atoms with van der Waals surface area (Å²) in [7, 11) is 0. The molecular formula is C30H27N2O2. The zero-order chi connectivity index (χ0) is 24.3. The summed E-state index contributed by atoms with van der Waals surface area (Å²) in [6.45, 7) is 6.36. The molecule has 34 heavy (non-hydrogen) atoms. The number of hydrogen-bond acceptors (Lipinski definition) is 2. The summed E-state index contributed by atoms with van der Waals surface area (Å²) < 4.78 is 0. The number of hydrogen-bond donors (Lipinski definition) is 1. The van der Waals surface area contributed by atoms with E-state index < -0.39 is 5.91 Å². The van der Waals surface area contributed by atoms with Gasteiger partial charge in [0.2, 0.25) is 0 Å². The quantitative estimate of drug-likeness (QED) is 0.358. The highest BCUT2D eigenvalue weighted by Crippen LogP contribution is 2.33. The third-order valence-electron chi connectivity index (χ3n) is 5.86. The van der Waals surface area contributed by atoms with Gasteiger partial charge in [-0.1, -0.05) is 99.6 Å². The minimum absolute atomic E-state index is 0.0155. The van der Waals surface area contributed by atoms with Crippen LogP contribution < -0.4 is 11.1 Å². The van der Waals surface area contributed by atoms with Crippen LogP contribution in [0.3, 0.4) is 0 Å². The Morgan fingerprint density at radius 2 is 1.26 bits per heavy atom. The minimum atomic E-state index is -0.846. The first-order valence-electron chi connectivity index (χ1n) is 11.2. The maximum Gasteiger partial charge on any atom is 0.271 e. The predicted molar refractivity (Wildman–Crippen MR) is 138 cm³/mol. The molecule has 0 unspecified atom stereocenters. The lowest BCUT2D eigenvalue weighted by molar-refractivity contribution is 0.0993. The molecule has 0 aliphatic carbocycles. The van der Waals surface area contributed by atoms with Crippen molar-refractivity contribution in [3.8, 4) is 22.3 Å². The molecule has 2 amide bonds. The van der Waals surface area contributed by atoms with Crippen LogP contribution in [0.15, 0.2) is 97.1 Å². The molecule has 0 bridgehead atoms. The molecule has 4 nitrogen and oxygen atoms in total. The molecule has 1 radical (unpaired) electrons. The van der Waals surface area contributed by atoms with E-state index in [4.69, 9.17) is 5.73 Å². The van der Waals surface area contributed by atoms with E-state index in [2.05, 4.69) is 26.1 Å². The molecule has 4 heteroatoms. The van der Waals surface area contributed by atoms with E-state index in [9.17, 15) is 9.59 Å². The SMILES string of the molecule is CC(C)(C)c1ccc(C(=O)Nc2c(C([NH])=O)cccc2-c2ccc(-c3ccccc3)cc2)cc1. The van der Waals surface area contributed by atoms with Crippen LogP contribution in [0.4, 0.5) is 5.69 Å². The van der Waals surface area contributed by atoms with Crippen molar-refractivity contribution in [3.05, 3.63) is 114 Å². The van der Waals surface area contributed by atoms with Crippen molar-refractivity contribution in [3.63, 3.8) is 0 Å². The molecule has 4 rings (SSSR count). The molecule has 0 spiro atoms. The van der Waals surface area contributed by atoms with Crippen LogP contribution >= 0.6 is 0 Å². The van der Waals surface area contributed by atoms with Crippen molar-refractivity contribution in [1.82, 2.24) is 5.73 Å². The number of nitrogens with one attached hydrogen (secondary N) is 2. The van der Waals surface area contributed by atoms with Gasteiger partial charge in [-0.25, -0.2) is 0 Å². The van der Waals surface area contributed by atoms with Gasteiger partial charge in [-0.05, 0) is 45.9 Å². The van der Waals surface area contributed by atoms with Gasteiger partial charge in [0.05, 0.1) is 11.3 Å². The Labute approximate surface area is 200 Å². The van der Waals surface area contributed by atoms with Crippen LogP contribution in [-0.4, -0.2) is 11.8 Å². The summed E-state index contributed by atoms with van der Waals surface area (Å²) in [6.07, 6.45) is 0. The van der Waals surface area contributed by atoms with Crippen LogP contribution in [0, 0.1) is 0 Å². The van der Waals surface area contributed by atoms with Gasteiger partial charge >= 0.3 is 0 Å². The Bertz CT molecular complexity index is 1320. The van der Waals surface area contributed by atoms with Crippen LogP contribution in [0.1, 0.15) is 47.1 Å². The highest BCUT2D eigenvalue weighted by atomic mass is 16.2. The third kappa shape index (κ3) is 4.91. The molecule has 169 valence electrons. The van der Waals surface area contributed by atoms with Gasteiger partial charge in [0.1, 0.15) is 0 Å². The minimum Gasteiger partial charge on any atom is -0.321 e. The van der Waals surface area contributed by atoms with E-state index >= 15 is 0 Å². The second-order valence-corrected chi connectivity index (χ2v) is 9.28. The molecular weight excluding hydrogens is 420 g/mol. The predicted octanol–water partition coefficient (Wildman–Crippen LogP) is 6.99. The molecule has 0 heterocycles. The average Bonchev–Trinajstić information content (AvgIpc) is 2.84. The molecule has 0 fully saturated rings. The molecule has 4 aromatic carbocycles. The maximum absolute atomic E-state index is 13.1. The zero-order valence-corrected chi connectivity index (χ0v) is 19.6. The summed E-state index contributed by atoms with van der Waals surface area (Å²) in [5.74, 6) is -1.17. The van der Waals surface area contributed by atoms with Crippen LogP contribution in [0.5, 0.6) is 0 Å². The first-order valence-corrected chi connectivity index (χ1v) is 11.2. The Morgan fingerprint density at radius 1 is 0.676 bits per heavy atom. The van der Waals surface area contributed by atoms with Crippen LogP contribution in [0.25, 0.3) is 22.3 Å². The Balaban J connectivity index is 1.69. The maximum atomic E-state index is 13.1. The van der Waals surface area contributed by atoms with E-state index in [0.717, 1.165) is 22.3 Å². The molecule has 0 atom stereocenters. The number of carbonyl (C=O) groups excluding carboxylic acids is 2. The fraction of sp³-hybridized carbons (Fsp3) is 0.133. The molecule has 0 aliphatic rings. The largest absolute Gasteiger partial charge is 0.321 e. The molecule has 0 aliphatic heterocycles. The summed E-state index contributed by atoms with van der Waals surface area (Å²) in [5, 5.41) is 2.90. The topological polar surface area (TPSA) is 70.0 Å². The molecule has 4 aromatic rings. The lowest BCUT2D eigenvalue weighted by Gasteiger charge is -2.19. The normalized spacial score (nSPS) is 11.1. The van der Waals surface area contributed by atoms with Gasteiger partial charge in [0, 0.05) is 11.1 Å². The van der Waals surface area contributed by atoms with Gasteiger partial charge in [-0.2, -0.15) is 0 Å². The molecule has 0 aromatic heterocycles. The van der Waals surface area contributed by atoms with Gasteiger partial charge in [0.15, 0.2) is 0 Å². The standard InChI is InChI=1S/C30H27N2O2/c1-30(2,3)24-18-16-23(17-19-24)29(34)32-27-25(10-7-11-26(27)28(31)33)22-14-12-21(13-15-22)20-8-5-4-6-9-20/h4-19,31H,1-3H3,(H,32,34). The fourth-order valence-corrected chi connectivity index (χ4v) is 3.90. The molecule has 2 N–H and O–H groups in total. The van der Waals surface area contributed by atoms with Gasteiger partial charge in [-0.3, -0.25) is 15.3 Å². The monoisotopic (exact) mass is 447 g/mol. The highest BCUT2D eigenvalue weighted by Gasteiger charge is 2.19. The van der Waals surface area contributed by atoms with E-state index in [1.165, 1.54) is 0 Å². The second kappa shape index (κ2) is 9.36. The average molecular weight is 448 g/mol. The number of carbonyl (C=O) groups is 2. The number of rotatable bonds is 5. The zero-order valence-electron chi connectivity index (χ0n) is 19.6. The van der Waals surface area contributed by atoms with Crippen molar-refractivity contribution < 1.29 is 9.59 Å². The molecule has 0 saturated carbocycles. The number of para-hydroxylation sites is 1. The summed E-state index contributed by atoms with van der Waals surface area (Å²) in [6, 6.07) is 30.6. The highest BCUT2D eigenvalue weighted by molar-refractivity contribution is 6.11. The van der Waals surface area contributed by atoms with Crippen LogP contribution in [0.2, 0.25) is 0 Å². The summed E-state index contributed by atoms with van der Waals surface area (Å²) >= 11 is 0. The van der Waals surface area contributed by atoms with Crippen LogP contribution in [-0.2, 0) is 5.41 Å². The van der Waals surface area contributed by atoms with Crippen molar-refractivity contribution in [1.29, 1.82) is 0 Å². The Kier molecular flexibility index (Phi) is 6.33. The van der Waals surface area contributed by atoms with Crippen molar-refractivity contribution in [2.24, 2.45) is 0 Å². The van der Waals surface area contributed by atoms with Crippen molar-refractivity contribution in [2.75, 3.05) is 5.32 Å². The lowest BCUT2D eigenvalue weighted by Crippen LogP contribution is -2.17. The fourth-order valence-electron chi connectivity index (χ4n) is 3.90. The number of anilines is 1. The Hall–Kier alpha value is -4.18. The Morgan fingerprint density at radius 3 is 1.85 bits per heavy atom. The van der Waals surface area contributed by atoms with E-state index in [0.29, 0.717) is 16.8 Å².